The summed E-state index contributed by atoms with van der Waals surface area (Å²) < 4.78 is 10.6. The van der Waals surface area contributed by atoms with E-state index in [1.807, 2.05) is 0 Å². The fourth-order valence-electron chi connectivity index (χ4n) is 2.70. The number of aromatic nitrogens is 1. The number of benzene rings is 1. The number of thiazole rings is 1. The number of hydrogen-bond donors (Lipinski definition) is 5. The number of ether oxygens (including phenoxy) is 2. The van der Waals surface area contributed by atoms with Gasteiger partial charge in [0.25, 0.3) is 0 Å². The molecule has 0 saturated carbocycles. The predicted octanol–water partition coefficient (Wildman–Crippen LogP) is -0.547. The van der Waals surface area contributed by atoms with Crippen molar-refractivity contribution in [3.05, 3.63) is 40.3 Å². The topological polar surface area (TPSA) is 150 Å². The highest BCUT2D eigenvalue weighted by atomic mass is 32.1. The Balaban J connectivity index is 1.71. The second kappa shape index (κ2) is 8.30. The van der Waals surface area contributed by atoms with E-state index in [0.29, 0.717) is 5.69 Å². The van der Waals surface area contributed by atoms with Gasteiger partial charge in [-0.05, 0) is 12.1 Å². The summed E-state index contributed by atoms with van der Waals surface area (Å²) in [4.78, 5) is 16.3. The lowest BCUT2D eigenvalue weighted by atomic mass is 9.99. The zero-order valence-corrected chi connectivity index (χ0v) is 14.8. The van der Waals surface area contributed by atoms with Crippen molar-refractivity contribution in [2.75, 3.05) is 6.61 Å². The second-order valence-electron chi connectivity index (χ2n) is 6.07. The van der Waals surface area contributed by atoms with Gasteiger partial charge in [0.15, 0.2) is 5.78 Å². The lowest BCUT2D eigenvalue weighted by molar-refractivity contribution is -0.277. The minimum atomic E-state index is -1.58. The van der Waals surface area contributed by atoms with Gasteiger partial charge in [-0.15, -0.1) is 11.3 Å². The summed E-state index contributed by atoms with van der Waals surface area (Å²) >= 11 is 1.37. The number of nitrogens with zero attached hydrogens (tertiary/aromatic N) is 1. The molecule has 0 aliphatic carbocycles. The maximum atomic E-state index is 12.3. The predicted molar refractivity (Wildman–Crippen MR) is 92.7 cm³/mol. The number of Topliss-reactive ketones (excluding diaryl/α,β-unsaturated/α-hetero) is 1. The van der Waals surface area contributed by atoms with Crippen molar-refractivity contribution in [1.82, 2.24) is 4.98 Å². The van der Waals surface area contributed by atoms with Crippen LogP contribution in [-0.4, -0.2) is 73.6 Å². The number of aliphatic hydroxyl groups excluding tert-OH is 4. The fraction of sp³-hybridized carbons (Fsp3) is 0.412. The van der Waals surface area contributed by atoms with Gasteiger partial charge in [-0.1, -0.05) is 0 Å². The van der Waals surface area contributed by atoms with E-state index >= 15 is 0 Å². The molecule has 1 aromatic carbocycles. The Labute approximate surface area is 158 Å². The van der Waals surface area contributed by atoms with Crippen LogP contribution in [0.1, 0.15) is 16.1 Å². The molecule has 0 bridgehead atoms. The van der Waals surface area contributed by atoms with E-state index in [1.54, 1.807) is 10.9 Å². The first-order valence-corrected chi connectivity index (χ1v) is 9.05. The molecular weight excluding hydrogens is 378 g/mol. The van der Waals surface area contributed by atoms with Gasteiger partial charge in [-0.2, -0.15) is 0 Å². The van der Waals surface area contributed by atoms with Crippen LogP contribution in [0.15, 0.2) is 29.1 Å². The van der Waals surface area contributed by atoms with Crippen LogP contribution in [0.4, 0.5) is 0 Å². The van der Waals surface area contributed by atoms with Crippen LogP contribution in [0.5, 0.6) is 11.5 Å². The Kier molecular flexibility index (Phi) is 6.05. The van der Waals surface area contributed by atoms with E-state index in [2.05, 4.69) is 4.98 Å². The highest BCUT2D eigenvalue weighted by molar-refractivity contribution is 7.07. The Hall–Kier alpha value is -2.08. The summed E-state index contributed by atoms with van der Waals surface area (Å²) in [7, 11) is 0. The smallest absolute Gasteiger partial charge is 0.229 e. The number of phenols is 1. The number of ketones is 1. The van der Waals surface area contributed by atoms with Crippen molar-refractivity contribution < 1.29 is 39.8 Å². The van der Waals surface area contributed by atoms with Gasteiger partial charge in [0.1, 0.15) is 35.9 Å². The maximum absolute atomic E-state index is 12.3. The van der Waals surface area contributed by atoms with Crippen LogP contribution >= 0.6 is 11.3 Å². The van der Waals surface area contributed by atoms with Gasteiger partial charge < -0.3 is 35.0 Å². The number of carbonyl (C=O) groups is 1. The molecule has 1 aliphatic rings. The second-order valence-corrected chi connectivity index (χ2v) is 6.79. The summed E-state index contributed by atoms with van der Waals surface area (Å²) in [5.74, 6) is -0.572. The minimum Gasteiger partial charge on any atom is -0.507 e. The van der Waals surface area contributed by atoms with Gasteiger partial charge >= 0.3 is 0 Å². The van der Waals surface area contributed by atoms with Crippen molar-refractivity contribution in [2.45, 2.75) is 37.1 Å². The Morgan fingerprint density at radius 2 is 2.00 bits per heavy atom. The normalized spacial score (nSPS) is 28.1. The van der Waals surface area contributed by atoms with Gasteiger partial charge in [-0.3, -0.25) is 4.79 Å². The van der Waals surface area contributed by atoms with Gasteiger partial charge in [0.2, 0.25) is 6.29 Å². The molecule has 27 heavy (non-hydrogen) atoms. The van der Waals surface area contributed by atoms with E-state index in [9.17, 15) is 30.3 Å². The molecule has 5 N–H and O–H groups in total. The molecule has 5 atom stereocenters. The summed E-state index contributed by atoms with van der Waals surface area (Å²) in [6.45, 7) is -0.583. The molecule has 0 spiro atoms. The van der Waals surface area contributed by atoms with E-state index < -0.39 is 37.3 Å². The molecule has 1 fully saturated rings. The molecule has 1 aromatic heterocycles. The molecule has 2 heterocycles. The van der Waals surface area contributed by atoms with Crippen LogP contribution in [-0.2, 0) is 11.2 Å². The van der Waals surface area contributed by atoms with Crippen LogP contribution < -0.4 is 4.74 Å². The number of rotatable bonds is 6. The van der Waals surface area contributed by atoms with Crippen molar-refractivity contribution in [3.8, 4) is 11.5 Å². The van der Waals surface area contributed by atoms with E-state index in [0.717, 1.165) is 0 Å². The van der Waals surface area contributed by atoms with Crippen LogP contribution in [0, 0.1) is 0 Å². The number of phenolic OH excluding ortho intramolecular Hbond substituents is 1. The zero-order chi connectivity index (χ0) is 19.6. The van der Waals surface area contributed by atoms with Crippen LogP contribution in [0.25, 0.3) is 0 Å². The quantitative estimate of drug-likeness (QED) is 0.405. The number of carbonyl (C=O) groups excluding carboxylic acids is 1. The van der Waals surface area contributed by atoms with E-state index in [1.165, 1.54) is 29.5 Å². The first-order valence-electron chi connectivity index (χ1n) is 8.11. The molecule has 2 aromatic rings. The molecule has 9 nitrogen and oxygen atoms in total. The third-order valence-electron chi connectivity index (χ3n) is 4.20. The SMILES string of the molecule is O=C(Cc1cscn1)c1ccc(O[C@@H]2O[C@@H](CO)[C@@H](O)[C@@H](O)[C@H]2O)cc1O. The summed E-state index contributed by atoms with van der Waals surface area (Å²) in [6.07, 6.45) is -7.09. The molecule has 0 unspecified atom stereocenters. The average molecular weight is 397 g/mol. The molecule has 146 valence electrons. The van der Waals surface area contributed by atoms with Crippen molar-refractivity contribution in [3.63, 3.8) is 0 Å². The summed E-state index contributed by atoms with van der Waals surface area (Å²) in [5, 5.41) is 50.5. The molecule has 0 radical (unpaired) electrons. The lowest BCUT2D eigenvalue weighted by Crippen LogP contribution is -2.60. The van der Waals surface area contributed by atoms with Crippen LogP contribution in [0.3, 0.4) is 0 Å². The zero-order valence-electron chi connectivity index (χ0n) is 14.0. The first-order chi connectivity index (χ1) is 12.9. The minimum absolute atomic E-state index is 0.0456. The van der Waals surface area contributed by atoms with Crippen molar-refractivity contribution in [1.29, 1.82) is 0 Å². The molecule has 1 saturated heterocycles. The molecule has 0 amide bonds. The number of hydrogen-bond acceptors (Lipinski definition) is 10. The molecular formula is C17H19NO8S. The summed E-state index contributed by atoms with van der Waals surface area (Å²) in [6, 6.07) is 3.94. The third kappa shape index (κ3) is 4.26. The molecule has 3 rings (SSSR count). The lowest BCUT2D eigenvalue weighted by Gasteiger charge is -2.39. The average Bonchev–Trinajstić information content (AvgIpc) is 3.15. The van der Waals surface area contributed by atoms with Crippen molar-refractivity contribution >= 4 is 17.1 Å². The molecule has 1 aliphatic heterocycles. The Morgan fingerprint density at radius 1 is 1.22 bits per heavy atom. The summed E-state index contributed by atoms with van der Waals surface area (Å²) in [5.41, 5.74) is 2.30. The standard InChI is InChI=1S/C17H19NO8S/c19-5-13-14(22)15(23)16(24)17(26-13)25-9-1-2-10(12(21)4-9)11(20)3-8-6-27-7-18-8/h1-2,4,6-7,13-17,19,21-24H,3,5H2/t13-,14+,15+,16+,17+/m0/s1. The maximum Gasteiger partial charge on any atom is 0.229 e. The monoisotopic (exact) mass is 397 g/mol. The highest BCUT2D eigenvalue weighted by Gasteiger charge is 2.44. The Bertz CT molecular complexity index is 781. The molecule has 10 heteroatoms. The van der Waals surface area contributed by atoms with Crippen molar-refractivity contribution in [2.24, 2.45) is 0 Å². The first kappa shape index (κ1) is 19.7. The van der Waals surface area contributed by atoms with Gasteiger partial charge in [0.05, 0.1) is 29.8 Å². The third-order valence-corrected chi connectivity index (χ3v) is 4.83. The largest absolute Gasteiger partial charge is 0.507 e. The number of aliphatic hydroxyl groups is 4. The van der Waals surface area contributed by atoms with Gasteiger partial charge in [0, 0.05) is 11.4 Å². The van der Waals surface area contributed by atoms with E-state index in [-0.39, 0.29) is 29.3 Å². The van der Waals surface area contributed by atoms with Crippen LogP contribution in [0.2, 0.25) is 0 Å². The van der Waals surface area contributed by atoms with E-state index in [4.69, 9.17) is 9.47 Å². The Morgan fingerprint density at radius 3 is 2.63 bits per heavy atom. The van der Waals surface area contributed by atoms with Gasteiger partial charge in [-0.25, -0.2) is 4.98 Å². The number of aromatic hydroxyl groups is 1. The fourth-order valence-corrected chi connectivity index (χ4v) is 3.26. The highest BCUT2D eigenvalue weighted by Crippen LogP contribution is 2.29.